The summed E-state index contributed by atoms with van der Waals surface area (Å²) < 4.78 is 9.84. The van der Waals surface area contributed by atoms with Gasteiger partial charge in [0.15, 0.2) is 5.11 Å². The molecule has 154 valence electrons. The van der Waals surface area contributed by atoms with Crippen molar-refractivity contribution in [3.63, 3.8) is 0 Å². The average Bonchev–Trinajstić information content (AvgIpc) is 3.03. The molecule has 0 fully saturated rings. The molecule has 29 heavy (non-hydrogen) atoms. The van der Waals surface area contributed by atoms with Crippen molar-refractivity contribution >= 4 is 51.5 Å². The summed E-state index contributed by atoms with van der Waals surface area (Å²) in [6.07, 6.45) is 0.874. The normalized spacial score (nSPS) is 10.2. The van der Waals surface area contributed by atoms with Crippen molar-refractivity contribution in [2.75, 3.05) is 19.0 Å². The second kappa shape index (κ2) is 10.1. The Morgan fingerprint density at radius 1 is 1.10 bits per heavy atom. The van der Waals surface area contributed by atoms with Crippen LogP contribution in [-0.4, -0.2) is 36.7 Å². The van der Waals surface area contributed by atoms with Crippen LogP contribution in [0.25, 0.3) is 0 Å². The van der Waals surface area contributed by atoms with Gasteiger partial charge in [-0.2, -0.15) is 0 Å². The van der Waals surface area contributed by atoms with E-state index in [0.717, 1.165) is 23.3 Å². The van der Waals surface area contributed by atoms with E-state index in [-0.39, 0.29) is 28.1 Å². The zero-order valence-electron chi connectivity index (χ0n) is 16.6. The minimum Gasteiger partial charge on any atom is -0.465 e. The average molecular weight is 435 g/mol. The predicted octanol–water partition coefficient (Wildman–Crippen LogP) is 3.71. The number of amides is 1. The zero-order valence-corrected chi connectivity index (χ0v) is 18.2. The summed E-state index contributed by atoms with van der Waals surface area (Å²) in [4.78, 5) is 37.0. The van der Waals surface area contributed by atoms with E-state index in [1.807, 2.05) is 19.1 Å². The first kappa shape index (κ1) is 22.5. The van der Waals surface area contributed by atoms with Crippen LogP contribution in [0, 0.1) is 6.92 Å². The number of nitrogens with one attached hydrogen (secondary N) is 2. The molecule has 2 N–H and O–H groups in total. The number of benzene rings is 1. The van der Waals surface area contributed by atoms with Gasteiger partial charge in [0.2, 0.25) is 0 Å². The highest BCUT2D eigenvalue weighted by atomic mass is 32.1. The zero-order chi connectivity index (χ0) is 21.6. The number of rotatable bonds is 6. The third-order valence-corrected chi connectivity index (χ3v) is 5.47. The highest BCUT2D eigenvalue weighted by molar-refractivity contribution is 7.80. The Hall–Kier alpha value is -2.78. The lowest BCUT2D eigenvalue weighted by molar-refractivity contribution is 0.0527. The summed E-state index contributed by atoms with van der Waals surface area (Å²) in [7, 11) is 1.26. The molecular formula is C20H22N2O5S2. The summed E-state index contributed by atoms with van der Waals surface area (Å²) in [5.41, 5.74) is 2.17. The summed E-state index contributed by atoms with van der Waals surface area (Å²) in [5, 5.41) is 5.69. The third-order valence-electron chi connectivity index (χ3n) is 4.08. The molecule has 0 spiro atoms. The molecule has 0 bridgehead atoms. The number of anilines is 1. The summed E-state index contributed by atoms with van der Waals surface area (Å²) in [6.45, 7) is 5.51. The van der Waals surface area contributed by atoms with Gasteiger partial charge in [-0.25, -0.2) is 9.59 Å². The molecule has 0 radical (unpaired) electrons. The van der Waals surface area contributed by atoms with Crippen molar-refractivity contribution in [2.24, 2.45) is 0 Å². The van der Waals surface area contributed by atoms with Gasteiger partial charge in [0.25, 0.3) is 5.91 Å². The Kier molecular flexibility index (Phi) is 7.86. The Bertz CT molecular complexity index is 935. The summed E-state index contributed by atoms with van der Waals surface area (Å²) in [6, 6.07) is 7.17. The van der Waals surface area contributed by atoms with Gasteiger partial charge in [-0.3, -0.25) is 10.1 Å². The van der Waals surface area contributed by atoms with Crippen LogP contribution < -0.4 is 10.6 Å². The monoisotopic (exact) mass is 434 g/mol. The first-order valence-electron chi connectivity index (χ1n) is 8.92. The lowest BCUT2D eigenvalue weighted by Gasteiger charge is -2.10. The van der Waals surface area contributed by atoms with E-state index in [1.54, 1.807) is 26.0 Å². The van der Waals surface area contributed by atoms with Gasteiger partial charge in [0.1, 0.15) is 9.88 Å². The van der Waals surface area contributed by atoms with Gasteiger partial charge in [0.05, 0.1) is 19.3 Å². The van der Waals surface area contributed by atoms with Gasteiger partial charge < -0.3 is 14.8 Å². The molecule has 0 saturated carbocycles. The first-order chi connectivity index (χ1) is 13.8. The number of hydrogen-bond acceptors (Lipinski definition) is 7. The van der Waals surface area contributed by atoms with Crippen LogP contribution in [0.15, 0.2) is 24.3 Å². The third kappa shape index (κ3) is 5.39. The number of hydrogen-bond donors (Lipinski definition) is 2. The van der Waals surface area contributed by atoms with Crippen LogP contribution in [0.3, 0.4) is 0 Å². The number of thiocarbonyl (C=S) groups is 1. The molecule has 2 rings (SSSR count). The summed E-state index contributed by atoms with van der Waals surface area (Å²) >= 11 is 6.22. The van der Waals surface area contributed by atoms with Crippen molar-refractivity contribution in [1.82, 2.24) is 5.32 Å². The molecule has 0 atom stereocenters. The predicted molar refractivity (Wildman–Crippen MR) is 116 cm³/mol. The minimum absolute atomic E-state index is 0.00205. The SMILES string of the molecule is CCOC(=O)c1c(NC(=S)NC(=O)c2ccc(CC)cc2)sc(C(=O)OC)c1C. The minimum atomic E-state index is -0.594. The van der Waals surface area contributed by atoms with Crippen molar-refractivity contribution < 1.29 is 23.9 Å². The highest BCUT2D eigenvalue weighted by Crippen LogP contribution is 2.34. The van der Waals surface area contributed by atoms with Gasteiger partial charge in [-0.15, -0.1) is 11.3 Å². The maximum Gasteiger partial charge on any atom is 0.348 e. The fourth-order valence-corrected chi connectivity index (χ4v) is 3.92. The van der Waals surface area contributed by atoms with E-state index in [1.165, 1.54) is 7.11 Å². The van der Waals surface area contributed by atoms with Crippen LogP contribution in [0.2, 0.25) is 0 Å². The van der Waals surface area contributed by atoms with Gasteiger partial charge in [-0.05, 0) is 55.7 Å². The number of esters is 2. The van der Waals surface area contributed by atoms with Crippen molar-refractivity contribution in [2.45, 2.75) is 27.2 Å². The lowest BCUT2D eigenvalue weighted by Crippen LogP contribution is -2.34. The smallest absolute Gasteiger partial charge is 0.348 e. The lowest BCUT2D eigenvalue weighted by atomic mass is 10.1. The Morgan fingerprint density at radius 2 is 1.76 bits per heavy atom. The van der Waals surface area contributed by atoms with Crippen LogP contribution in [0.5, 0.6) is 0 Å². The summed E-state index contributed by atoms with van der Waals surface area (Å²) in [5.74, 6) is -1.55. The van der Waals surface area contributed by atoms with E-state index in [4.69, 9.17) is 21.7 Å². The quantitative estimate of drug-likeness (QED) is 0.529. The topological polar surface area (TPSA) is 93.7 Å². The Labute approximate surface area is 178 Å². The number of carbonyl (C=O) groups is 3. The van der Waals surface area contributed by atoms with E-state index in [0.29, 0.717) is 16.1 Å². The Balaban J connectivity index is 2.22. The maximum absolute atomic E-state index is 12.4. The van der Waals surface area contributed by atoms with Crippen LogP contribution in [0.1, 0.15) is 55.4 Å². The molecule has 0 saturated heterocycles. The number of ether oxygens (including phenoxy) is 2. The Morgan fingerprint density at radius 3 is 2.31 bits per heavy atom. The molecule has 1 aromatic heterocycles. The van der Waals surface area contributed by atoms with Crippen molar-refractivity contribution in [3.8, 4) is 0 Å². The second-order valence-electron chi connectivity index (χ2n) is 5.93. The van der Waals surface area contributed by atoms with Crippen LogP contribution >= 0.6 is 23.6 Å². The molecule has 0 aliphatic heterocycles. The largest absolute Gasteiger partial charge is 0.465 e. The number of thiophene rings is 1. The molecule has 1 heterocycles. The molecule has 0 aliphatic carbocycles. The highest BCUT2D eigenvalue weighted by Gasteiger charge is 2.26. The molecular weight excluding hydrogens is 412 g/mol. The van der Waals surface area contributed by atoms with E-state index >= 15 is 0 Å². The van der Waals surface area contributed by atoms with Gasteiger partial charge in [-0.1, -0.05) is 19.1 Å². The molecule has 0 aliphatic rings. The van der Waals surface area contributed by atoms with E-state index in [2.05, 4.69) is 10.6 Å². The number of aryl methyl sites for hydroxylation is 1. The first-order valence-corrected chi connectivity index (χ1v) is 10.1. The maximum atomic E-state index is 12.4. The van der Waals surface area contributed by atoms with Crippen molar-refractivity contribution in [3.05, 3.63) is 51.4 Å². The van der Waals surface area contributed by atoms with Crippen LogP contribution in [-0.2, 0) is 15.9 Å². The fraction of sp³-hybridized carbons (Fsp3) is 0.300. The van der Waals surface area contributed by atoms with Crippen LogP contribution in [0.4, 0.5) is 5.00 Å². The fourth-order valence-electron chi connectivity index (χ4n) is 2.54. The number of carbonyl (C=O) groups excluding carboxylic acids is 3. The van der Waals surface area contributed by atoms with Crippen molar-refractivity contribution in [1.29, 1.82) is 0 Å². The molecule has 7 nitrogen and oxygen atoms in total. The molecule has 2 aromatic rings. The number of methoxy groups -OCH3 is 1. The molecule has 0 unspecified atom stereocenters. The standard InChI is InChI=1S/C20H22N2O5S2/c1-5-12-7-9-13(10-8-12)16(23)21-20(28)22-17-14(18(24)27-6-2)11(3)15(29-17)19(25)26-4/h7-10H,5-6H2,1-4H3,(H2,21,22,23,28). The van der Waals surface area contributed by atoms with E-state index in [9.17, 15) is 14.4 Å². The molecule has 1 aromatic carbocycles. The second-order valence-corrected chi connectivity index (χ2v) is 7.36. The van der Waals surface area contributed by atoms with Gasteiger partial charge >= 0.3 is 11.9 Å². The van der Waals surface area contributed by atoms with Gasteiger partial charge in [0, 0.05) is 5.56 Å². The van der Waals surface area contributed by atoms with E-state index < -0.39 is 11.9 Å². The molecule has 9 heteroatoms. The molecule has 1 amide bonds.